The molecule has 0 aliphatic carbocycles. The van der Waals surface area contributed by atoms with Gasteiger partial charge in [0.05, 0.1) is 6.20 Å². The summed E-state index contributed by atoms with van der Waals surface area (Å²) in [5, 5.41) is 3.37. The molecule has 0 unspecified atom stereocenters. The van der Waals surface area contributed by atoms with E-state index in [9.17, 15) is 4.79 Å². The lowest BCUT2D eigenvalue weighted by atomic mass is 10.1. The molecule has 1 N–H and O–H groups in total. The van der Waals surface area contributed by atoms with Crippen molar-refractivity contribution < 1.29 is 9.53 Å². The van der Waals surface area contributed by atoms with Crippen molar-refractivity contribution >= 4 is 5.91 Å². The smallest absolute Gasteiger partial charge is 0.272 e. The normalized spacial score (nSPS) is 22.4. The van der Waals surface area contributed by atoms with Crippen molar-refractivity contribution in [2.24, 2.45) is 5.92 Å². The number of likely N-dealkylation sites (tertiary alicyclic amines) is 1. The number of fused-ring (bicyclic) bond motifs is 1. The number of ether oxygens (including phenoxy) is 1. The number of pyridine rings is 1. The summed E-state index contributed by atoms with van der Waals surface area (Å²) in [4.78, 5) is 19.0. The summed E-state index contributed by atoms with van der Waals surface area (Å²) in [7, 11) is 0. The van der Waals surface area contributed by atoms with Crippen molar-refractivity contribution in [1.82, 2.24) is 15.2 Å². The maximum Gasteiger partial charge on any atom is 0.272 e. The second-order valence-electron chi connectivity index (χ2n) is 6.43. The number of carbonyl (C=O) groups is 1. The molecular weight excluding hydrogens is 302 g/mol. The summed E-state index contributed by atoms with van der Waals surface area (Å²) >= 11 is 0. The SMILES string of the molecule is O=C(c1ccc(OCc2ccccc2)cn1)N1CC[C@@H]2CNC[C@@H]21. The minimum absolute atomic E-state index is 0.0285. The summed E-state index contributed by atoms with van der Waals surface area (Å²) in [6.45, 7) is 3.25. The summed E-state index contributed by atoms with van der Waals surface area (Å²) in [6, 6.07) is 13.9. The molecule has 124 valence electrons. The first-order valence-electron chi connectivity index (χ1n) is 8.46. The predicted octanol–water partition coefficient (Wildman–Crippen LogP) is 2.09. The van der Waals surface area contributed by atoms with Crippen LogP contribution in [0.25, 0.3) is 0 Å². The van der Waals surface area contributed by atoms with Crippen LogP contribution in [0.2, 0.25) is 0 Å². The fourth-order valence-corrected chi connectivity index (χ4v) is 3.58. The van der Waals surface area contributed by atoms with Gasteiger partial charge in [0.2, 0.25) is 0 Å². The number of benzene rings is 1. The number of carbonyl (C=O) groups excluding carboxylic acids is 1. The molecule has 2 aliphatic rings. The van der Waals surface area contributed by atoms with Gasteiger partial charge in [-0.05, 0) is 30.0 Å². The third-order valence-electron chi connectivity index (χ3n) is 4.91. The third kappa shape index (κ3) is 2.99. The molecule has 3 heterocycles. The molecule has 0 radical (unpaired) electrons. The number of nitrogens with one attached hydrogen (secondary N) is 1. The van der Waals surface area contributed by atoms with Crippen LogP contribution in [0, 0.1) is 5.92 Å². The summed E-state index contributed by atoms with van der Waals surface area (Å²) in [5.41, 5.74) is 1.60. The fourth-order valence-electron chi connectivity index (χ4n) is 3.58. The molecule has 0 spiro atoms. The van der Waals surface area contributed by atoms with Crippen LogP contribution in [-0.2, 0) is 6.61 Å². The van der Waals surface area contributed by atoms with E-state index in [-0.39, 0.29) is 5.91 Å². The summed E-state index contributed by atoms with van der Waals surface area (Å²) in [5.74, 6) is 1.31. The Morgan fingerprint density at radius 2 is 2.08 bits per heavy atom. The molecular formula is C19H21N3O2. The molecule has 0 bridgehead atoms. The minimum Gasteiger partial charge on any atom is -0.487 e. The van der Waals surface area contributed by atoms with Crippen LogP contribution >= 0.6 is 0 Å². The van der Waals surface area contributed by atoms with E-state index >= 15 is 0 Å². The Balaban J connectivity index is 1.39. The average Bonchev–Trinajstić information content (AvgIpc) is 3.24. The van der Waals surface area contributed by atoms with Crippen LogP contribution in [0.1, 0.15) is 22.5 Å². The first-order valence-corrected chi connectivity index (χ1v) is 8.46. The number of amides is 1. The molecule has 2 aliphatic heterocycles. The van der Waals surface area contributed by atoms with E-state index in [4.69, 9.17) is 4.74 Å². The topological polar surface area (TPSA) is 54.5 Å². The molecule has 1 aromatic heterocycles. The van der Waals surface area contributed by atoms with Crippen LogP contribution in [-0.4, -0.2) is 41.5 Å². The van der Waals surface area contributed by atoms with E-state index in [0.29, 0.717) is 30.0 Å². The van der Waals surface area contributed by atoms with Gasteiger partial charge in [0.25, 0.3) is 5.91 Å². The molecule has 2 aromatic rings. The second-order valence-corrected chi connectivity index (χ2v) is 6.43. The lowest BCUT2D eigenvalue weighted by Crippen LogP contribution is -2.39. The first-order chi connectivity index (χ1) is 11.8. The van der Waals surface area contributed by atoms with Gasteiger partial charge in [-0.25, -0.2) is 4.98 Å². The van der Waals surface area contributed by atoms with E-state index < -0.39 is 0 Å². The number of rotatable bonds is 4. The zero-order chi connectivity index (χ0) is 16.4. The molecule has 2 fully saturated rings. The molecule has 5 heteroatoms. The summed E-state index contributed by atoms with van der Waals surface area (Å²) < 4.78 is 5.72. The van der Waals surface area contributed by atoms with Crippen molar-refractivity contribution in [3.63, 3.8) is 0 Å². The van der Waals surface area contributed by atoms with Gasteiger partial charge in [-0.2, -0.15) is 0 Å². The number of hydrogen-bond donors (Lipinski definition) is 1. The van der Waals surface area contributed by atoms with Crippen molar-refractivity contribution in [1.29, 1.82) is 0 Å². The van der Waals surface area contributed by atoms with Crippen LogP contribution in [0.5, 0.6) is 5.75 Å². The van der Waals surface area contributed by atoms with E-state index in [1.165, 1.54) is 0 Å². The zero-order valence-electron chi connectivity index (χ0n) is 13.5. The van der Waals surface area contributed by atoms with Crippen molar-refractivity contribution in [2.45, 2.75) is 19.1 Å². The zero-order valence-corrected chi connectivity index (χ0v) is 13.5. The Labute approximate surface area is 141 Å². The van der Waals surface area contributed by atoms with Crippen molar-refractivity contribution in [3.05, 3.63) is 59.9 Å². The quantitative estimate of drug-likeness (QED) is 0.936. The molecule has 1 aromatic carbocycles. The van der Waals surface area contributed by atoms with Gasteiger partial charge in [0, 0.05) is 25.7 Å². The molecule has 4 rings (SSSR count). The summed E-state index contributed by atoms with van der Waals surface area (Å²) in [6.07, 6.45) is 2.72. The number of aromatic nitrogens is 1. The van der Waals surface area contributed by atoms with Crippen LogP contribution in [0.4, 0.5) is 0 Å². The largest absolute Gasteiger partial charge is 0.487 e. The van der Waals surface area contributed by atoms with Crippen LogP contribution < -0.4 is 10.1 Å². The third-order valence-corrected chi connectivity index (χ3v) is 4.91. The highest BCUT2D eigenvalue weighted by molar-refractivity contribution is 5.92. The Kier molecular flexibility index (Phi) is 4.17. The van der Waals surface area contributed by atoms with Gasteiger partial charge in [-0.15, -0.1) is 0 Å². The monoisotopic (exact) mass is 323 g/mol. The van der Waals surface area contributed by atoms with E-state index in [0.717, 1.165) is 31.6 Å². The molecule has 24 heavy (non-hydrogen) atoms. The number of hydrogen-bond acceptors (Lipinski definition) is 4. The standard InChI is InChI=1S/C19H21N3O2/c23-19(22-9-8-15-10-20-12-18(15)22)17-7-6-16(11-21-17)24-13-14-4-2-1-3-5-14/h1-7,11,15,18,20H,8-10,12-13H2/t15-,18+/m1/s1. The highest BCUT2D eigenvalue weighted by atomic mass is 16.5. The van der Waals surface area contributed by atoms with Crippen molar-refractivity contribution in [2.75, 3.05) is 19.6 Å². The molecule has 2 saturated heterocycles. The van der Waals surface area contributed by atoms with E-state index in [1.54, 1.807) is 12.3 Å². The molecule has 1 amide bonds. The maximum atomic E-state index is 12.7. The van der Waals surface area contributed by atoms with Gasteiger partial charge < -0.3 is 15.0 Å². The average molecular weight is 323 g/mol. The highest BCUT2D eigenvalue weighted by Crippen LogP contribution is 2.28. The first kappa shape index (κ1) is 15.1. The Morgan fingerprint density at radius 3 is 2.88 bits per heavy atom. The van der Waals surface area contributed by atoms with Gasteiger partial charge >= 0.3 is 0 Å². The van der Waals surface area contributed by atoms with Gasteiger partial charge in [-0.1, -0.05) is 30.3 Å². The Bertz CT molecular complexity index is 702. The molecule has 0 saturated carbocycles. The maximum absolute atomic E-state index is 12.7. The minimum atomic E-state index is 0.0285. The Hall–Kier alpha value is -2.40. The predicted molar refractivity (Wildman–Crippen MR) is 90.8 cm³/mol. The van der Waals surface area contributed by atoms with Crippen LogP contribution in [0.3, 0.4) is 0 Å². The lowest BCUT2D eigenvalue weighted by Gasteiger charge is -2.23. The molecule has 5 nitrogen and oxygen atoms in total. The molecule has 2 atom stereocenters. The highest BCUT2D eigenvalue weighted by Gasteiger charge is 2.40. The fraction of sp³-hybridized carbons (Fsp3) is 0.368. The van der Waals surface area contributed by atoms with Gasteiger partial charge in [-0.3, -0.25) is 4.79 Å². The van der Waals surface area contributed by atoms with E-state index in [2.05, 4.69) is 10.3 Å². The van der Waals surface area contributed by atoms with Gasteiger partial charge in [0.1, 0.15) is 18.1 Å². The van der Waals surface area contributed by atoms with Gasteiger partial charge in [0.15, 0.2) is 0 Å². The lowest BCUT2D eigenvalue weighted by molar-refractivity contribution is 0.0731. The second kappa shape index (κ2) is 6.61. The van der Waals surface area contributed by atoms with Crippen LogP contribution in [0.15, 0.2) is 48.7 Å². The number of nitrogens with zero attached hydrogens (tertiary/aromatic N) is 2. The van der Waals surface area contributed by atoms with Crippen molar-refractivity contribution in [3.8, 4) is 5.75 Å². The Morgan fingerprint density at radius 1 is 1.21 bits per heavy atom. The van der Waals surface area contributed by atoms with E-state index in [1.807, 2.05) is 41.3 Å².